The molecule has 0 spiro atoms. The van der Waals surface area contributed by atoms with E-state index in [1.54, 1.807) is 31.3 Å². The molecule has 0 saturated heterocycles. The first-order valence-corrected chi connectivity index (χ1v) is 5.43. The molecule has 0 aliphatic heterocycles. The van der Waals surface area contributed by atoms with Crippen molar-refractivity contribution in [3.05, 3.63) is 42.0 Å². The molecule has 5 heteroatoms. The van der Waals surface area contributed by atoms with Crippen LogP contribution in [0.1, 0.15) is 27.8 Å². The van der Waals surface area contributed by atoms with Crippen LogP contribution in [0.25, 0.3) is 11.3 Å². The van der Waals surface area contributed by atoms with Crippen LogP contribution in [-0.4, -0.2) is 23.8 Å². The van der Waals surface area contributed by atoms with Crippen LogP contribution in [0.15, 0.2) is 35.1 Å². The lowest BCUT2D eigenvalue weighted by Gasteiger charge is -2.06. The molecule has 0 aliphatic rings. The van der Waals surface area contributed by atoms with Gasteiger partial charge in [-0.25, -0.2) is 4.79 Å². The Kier molecular flexibility index (Phi) is 3.52. The van der Waals surface area contributed by atoms with E-state index in [1.165, 1.54) is 6.26 Å². The highest BCUT2D eigenvalue weighted by Crippen LogP contribution is 2.25. The Labute approximate surface area is 103 Å². The maximum atomic E-state index is 11.8. The van der Waals surface area contributed by atoms with Crippen molar-refractivity contribution in [2.45, 2.75) is 6.92 Å². The average Bonchev–Trinajstić information content (AvgIpc) is 2.87. The van der Waals surface area contributed by atoms with E-state index in [1.807, 2.05) is 0 Å². The van der Waals surface area contributed by atoms with Crippen LogP contribution in [0, 0.1) is 0 Å². The number of carbonyl (C=O) groups excluding carboxylic acids is 2. The molecule has 0 fully saturated rings. The Balaban J connectivity index is 2.51. The van der Waals surface area contributed by atoms with Crippen molar-refractivity contribution in [1.29, 1.82) is 0 Å². The van der Waals surface area contributed by atoms with Crippen molar-refractivity contribution in [3.63, 3.8) is 0 Å². The maximum Gasteiger partial charge on any atom is 0.340 e. The largest absolute Gasteiger partial charge is 0.462 e. The summed E-state index contributed by atoms with van der Waals surface area (Å²) in [5.74, 6) is -0.335. The molecule has 2 aromatic rings. The zero-order chi connectivity index (χ0) is 13.0. The van der Waals surface area contributed by atoms with Crippen molar-refractivity contribution in [2.75, 3.05) is 6.61 Å². The summed E-state index contributed by atoms with van der Waals surface area (Å²) in [5, 5.41) is 0. The predicted molar refractivity (Wildman–Crippen MR) is 63.3 cm³/mol. The lowest BCUT2D eigenvalue weighted by Crippen LogP contribution is -2.07. The summed E-state index contributed by atoms with van der Waals surface area (Å²) < 4.78 is 9.95. The SMILES string of the molecule is CCOC(=O)c1cccnc1-c1ccoc1C=O. The minimum absolute atomic E-state index is 0.138. The van der Waals surface area contributed by atoms with Crippen LogP contribution < -0.4 is 0 Å². The molecule has 0 bridgehead atoms. The lowest BCUT2D eigenvalue weighted by atomic mass is 10.1. The van der Waals surface area contributed by atoms with Crippen LogP contribution in [-0.2, 0) is 4.74 Å². The van der Waals surface area contributed by atoms with Gasteiger partial charge in [0.2, 0.25) is 0 Å². The molecule has 5 nitrogen and oxygen atoms in total. The molecule has 0 N–H and O–H groups in total. The number of aromatic nitrogens is 1. The van der Waals surface area contributed by atoms with Gasteiger partial charge in [-0.3, -0.25) is 9.78 Å². The summed E-state index contributed by atoms with van der Waals surface area (Å²) in [4.78, 5) is 26.7. The first kappa shape index (κ1) is 12.0. The van der Waals surface area contributed by atoms with Crippen LogP contribution in [0.3, 0.4) is 0 Å². The number of aldehydes is 1. The molecule has 0 amide bonds. The molecule has 2 rings (SSSR count). The molecule has 0 aliphatic carbocycles. The fraction of sp³-hybridized carbons (Fsp3) is 0.154. The molecule has 0 radical (unpaired) electrons. The molecule has 0 atom stereocenters. The minimum Gasteiger partial charge on any atom is -0.462 e. The quantitative estimate of drug-likeness (QED) is 0.610. The Bertz CT molecular complexity index is 574. The molecular weight excluding hydrogens is 234 g/mol. The van der Waals surface area contributed by atoms with Gasteiger partial charge in [-0.1, -0.05) is 0 Å². The Hall–Kier alpha value is -2.43. The number of nitrogens with zero attached hydrogens (tertiary/aromatic N) is 1. The number of esters is 1. The third kappa shape index (κ3) is 2.15. The van der Waals surface area contributed by atoms with Gasteiger partial charge in [0.25, 0.3) is 0 Å². The van der Waals surface area contributed by atoms with Crippen molar-refractivity contribution >= 4 is 12.3 Å². The number of hydrogen-bond acceptors (Lipinski definition) is 5. The van der Waals surface area contributed by atoms with Gasteiger partial charge in [0.05, 0.1) is 29.7 Å². The van der Waals surface area contributed by atoms with E-state index in [9.17, 15) is 9.59 Å². The molecule has 0 unspecified atom stereocenters. The zero-order valence-electron chi connectivity index (χ0n) is 9.75. The van der Waals surface area contributed by atoms with Crippen LogP contribution in [0.4, 0.5) is 0 Å². The average molecular weight is 245 g/mol. The van der Waals surface area contributed by atoms with E-state index in [2.05, 4.69) is 4.98 Å². The van der Waals surface area contributed by atoms with E-state index < -0.39 is 5.97 Å². The smallest absolute Gasteiger partial charge is 0.340 e. The van der Waals surface area contributed by atoms with Gasteiger partial charge in [0, 0.05) is 6.20 Å². The number of ether oxygens (including phenoxy) is 1. The normalized spacial score (nSPS) is 10.1. The fourth-order valence-corrected chi connectivity index (χ4v) is 1.60. The van der Waals surface area contributed by atoms with Gasteiger partial charge in [-0.2, -0.15) is 0 Å². The minimum atomic E-state index is -0.473. The second-order valence-electron chi connectivity index (χ2n) is 3.44. The van der Waals surface area contributed by atoms with E-state index in [0.29, 0.717) is 23.1 Å². The van der Waals surface area contributed by atoms with Gasteiger partial charge >= 0.3 is 5.97 Å². The molecule has 0 aromatic carbocycles. The first-order chi connectivity index (χ1) is 8.77. The Morgan fingerprint density at radius 3 is 3.06 bits per heavy atom. The number of pyridine rings is 1. The van der Waals surface area contributed by atoms with E-state index >= 15 is 0 Å². The molecule has 2 aromatic heterocycles. The third-order valence-corrected chi connectivity index (χ3v) is 2.36. The fourth-order valence-electron chi connectivity index (χ4n) is 1.60. The third-order valence-electron chi connectivity index (χ3n) is 2.36. The first-order valence-electron chi connectivity index (χ1n) is 5.43. The zero-order valence-corrected chi connectivity index (χ0v) is 9.75. The topological polar surface area (TPSA) is 69.4 Å². The Morgan fingerprint density at radius 2 is 2.33 bits per heavy atom. The van der Waals surface area contributed by atoms with Crippen molar-refractivity contribution in [3.8, 4) is 11.3 Å². The highest BCUT2D eigenvalue weighted by molar-refractivity contribution is 5.98. The second kappa shape index (κ2) is 5.27. The summed E-state index contributed by atoms with van der Waals surface area (Å²) in [5.41, 5.74) is 1.17. The van der Waals surface area contributed by atoms with Crippen molar-refractivity contribution in [2.24, 2.45) is 0 Å². The number of carbonyl (C=O) groups is 2. The molecule has 18 heavy (non-hydrogen) atoms. The van der Waals surface area contributed by atoms with Crippen LogP contribution >= 0.6 is 0 Å². The Morgan fingerprint density at radius 1 is 1.50 bits per heavy atom. The number of hydrogen-bond donors (Lipinski definition) is 0. The molecule has 92 valence electrons. The van der Waals surface area contributed by atoms with Gasteiger partial charge in [-0.15, -0.1) is 0 Å². The maximum absolute atomic E-state index is 11.8. The highest BCUT2D eigenvalue weighted by atomic mass is 16.5. The summed E-state index contributed by atoms with van der Waals surface area (Å²) in [7, 11) is 0. The standard InChI is InChI=1S/C13H11NO4/c1-2-17-13(16)10-4-3-6-14-12(10)9-5-7-18-11(9)8-15/h3-8H,2H2,1H3. The van der Waals surface area contributed by atoms with Crippen molar-refractivity contribution < 1.29 is 18.7 Å². The van der Waals surface area contributed by atoms with E-state index in [-0.39, 0.29) is 12.4 Å². The summed E-state index contributed by atoms with van der Waals surface area (Å²) in [6.07, 6.45) is 3.50. The summed E-state index contributed by atoms with van der Waals surface area (Å²) in [6.45, 7) is 2.00. The summed E-state index contributed by atoms with van der Waals surface area (Å²) in [6, 6.07) is 4.83. The van der Waals surface area contributed by atoms with Gasteiger partial charge in [-0.05, 0) is 25.1 Å². The van der Waals surface area contributed by atoms with Crippen molar-refractivity contribution in [1.82, 2.24) is 4.98 Å². The molecule has 0 saturated carbocycles. The highest BCUT2D eigenvalue weighted by Gasteiger charge is 2.18. The van der Waals surface area contributed by atoms with E-state index in [4.69, 9.17) is 9.15 Å². The molecule has 2 heterocycles. The summed E-state index contributed by atoms with van der Waals surface area (Å²) >= 11 is 0. The van der Waals surface area contributed by atoms with Crippen LogP contribution in [0.2, 0.25) is 0 Å². The van der Waals surface area contributed by atoms with Gasteiger partial charge in [0.1, 0.15) is 0 Å². The lowest BCUT2D eigenvalue weighted by molar-refractivity contribution is 0.0526. The van der Waals surface area contributed by atoms with Gasteiger partial charge < -0.3 is 9.15 Å². The number of rotatable bonds is 4. The number of furan rings is 1. The predicted octanol–water partition coefficient (Wildman–Crippen LogP) is 2.33. The van der Waals surface area contributed by atoms with Crippen LogP contribution in [0.5, 0.6) is 0 Å². The van der Waals surface area contributed by atoms with E-state index in [0.717, 1.165) is 0 Å². The van der Waals surface area contributed by atoms with Gasteiger partial charge in [0.15, 0.2) is 12.0 Å². The molecular formula is C13H11NO4. The monoisotopic (exact) mass is 245 g/mol. The second-order valence-corrected chi connectivity index (χ2v) is 3.44.